The maximum atomic E-state index is 14.1. The molecule has 1 aliphatic rings. The standard InChI is InChI=1S/C15H13Cl2FN2/c16-11-7-4-6-10(13(11)18)15-19-12-8-3-1-2-5-9(12)14(17)20-15/h4,6-7H,1-3,5,8H2. The second-order valence-corrected chi connectivity index (χ2v) is 5.69. The van der Waals surface area contributed by atoms with Gasteiger partial charge in [0.05, 0.1) is 10.6 Å². The Morgan fingerprint density at radius 2 is 1.80 bits per heavy atom. The van der Waals surface area contributed by atoms with Gasteiger partial charge in [0.25, 0.3) is 0 Å². The number of halogens is 3. The van der Waals surface area contributed by atoms with Crippen molar-refractivity contribution in [2.24, 2.45) is 0 Å². The number of fused-ring (bicyclic) bond motifs is 1. The minimum absolute atomic E-state index is 0.0668. The monoisotopic (exact) mass is 310 g/mol. The minimum Gasteiger partial charge on any atom is -0.233 e. The molecule has 1 aromatic heterocycles. The highest BCUT2D eigenvalue weighted by Gasteiger charge is 2.18. The number of hydrogen-bond donors (Lipinski definition) is 0. The summed E-state index contributed by atoms with van der Waals surface area (Å²) in [4.78, 5) is 8.77. The average Bonchev–Trinajstić information content (AvgIpc) is 2.67. The molecule has 5 heteroatoms. The summed E-state index contributed by atoms with van der Waals surface area (Å²) in [6.45, 7) is 0. The zero-order chi connectivity index (χ0) is 14.1. The van der Waals surface area contributed by atoms with E-state index in [-0.39, 0.29) is 5.02 Å². The SMILES string of the molecule is Fc1c(Cl)cccc1-c1nc(Cl)c2c(n1)CCCCC2. The molecule has 0 aliphatic heterocycles. The van der Waals surface area contributed by atoms with Crippen molar-refractivity contribution >= 4 is 23.2 Å². The maximum Gasteiger partial charge on any atom is 0.164 e. The fourth-order valence-electron chi connectivity index (χ4n) is 2.52. The molecule has 0 bridgehead atoms. The third kappa shape index (κ3) is 2.52. The molecule has 0 amide bonds. The van der Waals surface area contributed by atoms with Gasteiger partial charge in [-0.3, -0.25) is 0 Å². The summed E-state index contributed by atoms with van der Waals surface area (Å²) < 4.78 is 14.1. The van der Waals surface area contributed by atoms with E-state index in [0.717, 1.165) is 43.4 Å². The first-order valence-electron chi connectivity index (χ1n) is 6.66. The molecular formula is C15H13Cl2FN2. The zero-order valence-corrected chi connectivity index (χ0v) is 12.3. The largest absolute Gasteiger partial charge is 0.233 e. The number of rotatable bonds is 1. The van der Waals surface area contributed by atoms with E-state index in [1.807, 2.05) is 0 Å². The third-order valence-electron chi connectivity index (χ3n) is 3.58. The van der Waals surface area contributed by atoms with Gasteiger partial charge in [0.2, 0.25) is 0 Å². The van der Waals surface area contributed by atoms with Gasteiger partial charge >= 0.3 is 0 Å². The van der Waals surface area contributed by atoms with Crippen molar-refractivity contribution in [2.45, 2.75) is 32.1 Å². The van der Waals surface area contributed by atoms with Gasteiger partial charge in [-0.15, -0.1) is 0 Å². The quantitative estimate of drug-likeness (QED) is 0.555. The lowest BCUT2D eigenvalue weighted by Gasteiger charge is -2.10. The molecule has 1 heterocycles. The van der Waals surface area contributed by atoms with Crippen LogP contribution in [0.4, 0.5) is 4.39 Å². The molecule has 104 valence electrons. The summed E-state index contributed by atoms with van der Waals surface area (Å²) in [6, 6.07) is 4.81. The molecule has 20 heavy (non-hydrogen) atoms. The summed E-state index contributed by atoms with van der Waals surface area (Å²) in [5.41, 5.74) is 2.25. The molecule has 2 aromatic rings. The van der Waals surface area contributed by atoms with Crippen LogP contribution in [0.25, 0.3) is 11.4 Å². The lowest BCUT2D eigenvalue weighted by Crippen LogP contribution is -2.03. The molecule has 0 spiro atoms. The van der Waals surface area contributed by atoms with Crippen LogP contribution in [-0.2, 0) is 12.8 Å². The van der Waals surface area contributed by atoms with Crippen LogP contribution in [0, 0.1) is 5.82 Å². The lowest BCUT2D eigenvalue weighted by atomic mass is 10.1. The summed E-state index contributed by atoms with van der Waals surface area (Å²) >= 11 is 12.1. The van der Waals surface area contributed by atoms with Crippen LogP contribution in [0.15, 0.2) is 18.2 Å². The Morgan fingerprint density at radius 3 is 2.65 bits per heavy atom. The number of nitrogens with zero attached hydrogens (tertiary/aromatic N) is 2. The smallest absolute Gasteiger partial charge is 0.164 e. The van der Waals surface area contributed by atoms with Gasteiger partial charge in [-0.05, 0) is 37.8 Å². The number of hydrogen-bond acceptors (Lipinski definition) is 2. The fourth-order valence-corrected chi connectivity index (χ4v) is 2.98. The van der Waals surface area contributed by atoms with Gasteiger partial charge in [0.1, 0.15) is 5.15 Å². The lowest BCUT2D eigenvalue weighted by molar-refractivity contribution is 0.630. The van der Waals surface area contributed by atoms with Crippen LogP contribution in [0.2, 0.25) is 10.2 Å². The molecular weight excluding hydrogens is 298 g/mol. The minimum atomic E-state index is -0.501. The van der Waals surface area contributed by atoms with E-state index in [4.69, 9.17) is 23.2 Å². The van der Waals surface area contributed by atoms with Crippen LogP contribution in [0.1, 0.15) is 30.5 Å². The predicted octanol–water partition coefficient (Wildman–Crippen LogP) is 4.86. The summed E-state index contributed by atoms with van der Waals surface area (Å²) in [6.07, 6.45) is 5.10. The first-order chi connectivity index (χ1) is 9.66. The number of aromatic nitrogens is 2. The molecule has 0 unspecified atom stereocenters. The molecule has 1 aliphatic carbocycles. The van der Waals surface area contributed by atoms with E-state index in [2.05, 4.69) is 9.97 Å². The second kappa shape index (κ2) is 5.66. The van der Waals surface area contributed by atoms with Crippen LogP contribution < -0.4 is 0 Å². The Morgan fingerprint density at radius 1 is 1.00 bits per heavy atom. The molecule has 0 fully saturated rings. The molecule has 3 rings (SSSR count). The predicted molar refractivity (Wildman–Crippen MR) is 78.7 cm³/mol. The van der Waals surface area contributed by atoms with Gasteiger partial charge in [0, 0.05) is 11.3 Å². The van der Waals surface area contributed by atoms with Crippen molar-refractivity contribution < 1.29 is 4.39 Å². The van der Waals surface area contributed by atoms with Crippen molar-refractivity contribution in [3.8, 4) is 11.4 Å². The first kappa shape index (κ1) is 13.8. The molecule has 0 saturated heterocycles. The number of benzene rings is 1. The van der Waals surface area contributed by atoms with Crippen molar-refractivity contribution in [1.82, 2.24) is 9.97 Å². The van der Waals surface area contributed by atoms with E-state index in [9.17, 15) is 4.39 Å². The molecule has 0 radical (unpaired) electrons. The highest BCUT2D eigenvalue weighted by Crippen LogP contribution is 2.30. The van der Waals surface area contributed by atoms with Crippen LogP contribution in [0.3, 0.4) is 0 Å². The first-order valence-corrected chi connectivity index (χ1v) is 7.42. The van der Waals surface area contributed by atoms with E-state index < -0.39 is 5.82 Å². The van der Waals surface area contributed by atoms with Gasteiger partial charge in [-0.2, -0.15) is 0 Å². The Bertz CT molecular complexity index is 659. The zero-order valence-electron chi connectivity index (χ0n) is 10.8. The Labute approximate surface area is 127 Å². The van der Waals surface area contributed by atoms with Crippen molar-refractivity contribution in [3.05, 3.63) is 45.4 Å². The normalized spacial score (nSPS) is 14.8. The molecule has 0 N–H and O–H groups in total. The Kier molecular flexibility index (Phi) is 3.90. The van der Waals surface area contributed by atoms with Crippen LogP contribution >= 0.6 is 23.2 Å². The Balaban J connectivity index is 2.13. The van der Waals surface area contributed by atoms with E-state index >= 15 is 0 Å². The highest BCUT2D eigenvalue weighted by molar-refractivity contribution is 6.31. The highest BCUT2D eigenvalue weighted by atomic mass is 35.5. The topological polar surface area (TPSA) is 25.8 Å². The average molecular weight is 311 g/mol. The van der Waals surface area contributed by atoms with Gasteiger partial charge in [-0.25, -0.2) is 14.4 Å². The van der Waals surface area contributed by atoms with Crippen LogP contribution in [0.5, 0.6) is 0 Å². The van der Waals surface area contributed by atoms with Crippen molar-refractivity contribution in [2.75, 3.05) is 0 Å². The molecule has 2 nitrogen and oxygen atoms in total. The summed E-state index contributed by atoms with van der Waals surface area (Å²) in [5.74, 6) is -0.186. The third-order valence-corrected chi connectivity index (χ3v) is 4.18. The van der Waals surface area contributed by atoms with Gasteiger partial charge in [0.15, 0.2) is 11.6 Å². The summed E-state index contributed by atoms with van der Waals surface area (Å²) in [7, 11) is 0. The van der Waals surface area contributed by atoms with E-state index in [1.165, 1.54) is 6.07 Å². The van der Waals surface area contributed by atoms with Gasteiger partial charge < -0.3 is 0 Å². The van der Waals surface area contributed by atoms with Crippen molar-refractivity contribution in [3.63, 3.8) is 0 Å². The Hall–Kier alpha value is -1.19. The van der Waals surface area contributed by atoms with E-state index in [1.54, 1.807) is 12.1 Å². The number of aryl methyl sites for hydroxylation is 1. The maximum absolute atomic E-state index is 14.1. The van der Waals surface area contributed by atoms with Gasteiger partial charge in [-0.1, -0.05) is 35.7 Å². The molecule has 0 atom stereocenters. The summed E-state index contributed by atoms with van der Waals surface area (Å²) in [5, 5.41) is 0.503. The van der Waals surface area contributed by atoms with Crippen molar-refractivity contribution in [1.29, 1.82) is 0 Å². The van der Waals surface area contributed by atoms with Crippen LogP contribution in [-0.4, -0.2) is 9.97 Å². The van der Waals surface area contributed by atoms with E-state index in [0.29, 0.717) is 16.5 Å². The second-order valence-electron chi connectivity index (χ2n) is 4.93. The fraction of sp³-hybridized carbons (Fsp3) is 0.333. The molecule has 1 aromatic carbocycles. The molecule has 0 saturated carbocycles.